The number of nitrogens with zero attached hydrogens (tertiary/aromatic N) is 1. The molecule has 1 atom stereocenters. The lowest BCUT2D eigenvalue weighted by Gasteiger charge is -2.35. The lowest BCUT2D eigenvalue weighted by atomic mass is 9.93. The Bertz CT molecular complexity index is 889. The van der Waals surface area contributed by atoms with E-state index in [0.717, 1.165) is 35.2 Å². The molecule has 3 aromatic carbocycles. The van der Waals surface area contributed by atoms with Crippen LogP contribution in [0.15, 0.2) is 60.7 Å². The van der Waals surface area contributed by atoms with Crippen molar-refractivity contribution in [2.75, 3.05) is 33.4 Å². The average Bonchev–Trinajstić information content (AvgIpc) is 2.71. The number of rotatable bonds is 4. The van der Waals surface area contributed by atoms with Crippen LogP contribution in [0.3, 0.4) is 0 Å². The van der Waals surface area contributed by atoms with E-state index in [2.05, 4.69) is 17.0 Å². The van der Waals surface area contributed by atoms with Gasteiger partial charge in [-0.05, 0) is 11.6 Å². The minimum absolute atomic E-state index is 0.00398. The lowest BCUT2D eigenvalue weighted by Crippen LogP contribution is -2.39. The Morgan fingerprint density at radius 2 is 1.69 bits per heavy atom. The fourth-order valence-corrected chi connectivity index (χ4v) is 3.79. The summed E-state index contributed by atoms with van der Waals surface area (Å²) in [6, 6.07) is 20.2. The molecule has 0 amide bonds. The summed E-state index contributed by atoms with van der Waals surface area (Å²) in [4.78, 5) is 2.37. The number of hydrogen-bond acceptors (Lipinski definition) is 4. The summed E-state index contributed by atoms with van der Waals surface area (Å²) < 4.78 is 11.0. The fourth-order valence-electron chi connectivity index (χ4n) is 3.79. The van der Waals surface area contributed by atoms with Gasteiger partial charge < -0.3 is 14.6 Å². The number of aromatic hydroxyl groups is 1. The van der Waals surface area contributed by atoms with E-state index in [1.165, 1.54) is 5.56 Å². The van der Waals surface area contributed by atoms with Crippen LogP contribution in [0.2, 0.25) is 0 Å². The molecule has 1 fully saturated rings. The summed E-state index contributed by atoms with van der Waals surface area (Å²) >= 11 is 0. The number of fused-ring (bicyclic) bond motifs is 1. The SMILES string of the molecule is COc1cccc2c(O)c(C(c3ccccc3)N3CCOCC3)ccc12. The molecule has 1 N–H and O–H groups in total. The first-order chi connectivity index (χ1) is 12.8. The number of ether oxygens (including phenoxy) is 2. The van der Waals surface area contributed by atoms with Crippen LogP contribution < -0.4 is 4.74 Å². The van der Waals surface area contributed by atoms with E-state index in [1.807, 2.05) is 48.5 Å². The maximum atomic E-state index is 11.1. The molecule has 1 heterocycles. The summed E-state index contributed by atoms with van der Waals surface area (Å²) in [5.74, 6) is 1.09. The number of phenolic OH excluding ortho intramolecular Hbond substituents is 1. The highest BCUT2D eigenvalue weighted by atomic mass is 16.5. The fraction of sp³-hybridized carbons (Fsp3) is 0.273. The van der Waals surface area contributed by atoms with Gasteiger partial charge in [0.05, 0.1) is 26.4 Å². The van der Waals surface area contributed by atoms with Crippen LogP contribution in [-0.2, 0) is 4.74 Å². The Morgan fingerprint density at radius 1 is 0.923 bits per heavy atom. The molecule has 4 heteroatoms. The van der Waals surface area contributed by atoms with Gasteiger partial charge in [-0.15, -0.1) is 0 Å². The van der Waals surface area contributed by atoms with Gasteiger partial charge in [-0.1, -0.05) is 54.6 Å². The standard InChI is InChI=1S/C22H23NO3/c1-25-20-9-5-8-18-17(20)10-11-19(22(18)24)21(16-6-3-2-4-7-16)23-12-14-26-15-13-23/h2-11,21,24H,12-15H2,1H3. The van der Waals surface area contributed by atoms with Crippen molar-refractivity contribution >= 4 is 10.8 Å². The maximum absolute atomic E-state index is 11.1. The molecule has 1 unspecified atom stereocenters. The molecule has 1 saturated heterocycles. The minimum Gasteiger partial charge on any atom is -0.507 e. The third kappa shape index (κ3) is 3.02. The topological polar surface area (TPSA) is 41.9 Å². The average molecular weight is 349 g/mol. The molecule has 26 heavy (non-hydrogen) atoms. The second-order valence-corrected chi connectivity index (χ2v) is 6.52. The highest BCUT2D eigenvalue weighted by Gasteiger charge is 2.27. The van der Waals surface area contributed by atoms with Crippen molar-refractivity contribution in [3.63, 3.8) is 0 Å². The van der Waals surface area contributed by atoms with E-state index in [4.69, 9.17) is 9.47 Å². The Morgan fingerprint density at radius 3 is 2.42 bits per heavy atom. The molecule has 0 spiro atoms. The Hall–Kier alpha value is -2.56. The summed E-state index contributed by atoms with van der Waals surface area (Å²) in [6.45, 7) is 3.11. The van der Waals surface area contributed by atoms with Crippen molar-refractivity contribution < 1.29 is 14.6 Å². The van der Waals surface area contributed by atoms with Crippen LogP contribution in [0.5, 0.6) is 11.5 Å². The zero-order chi connectivity index (χ0) is 17.9. The van der Waals surface area contributed by atoms with E-state index in [1.54, 1.807) is 7.11 Å². The van der Waals surface area contributed by atoms with E-state index in [9.17, 15) is 5.11 Å². The summed E-state index contributed by atoms with van der Waals surface area (Å²) in [7, 11) is 1.65. The molecular weight excluding hydrogens is 326 g/mol. The third-order valence-corrected chi connectivity index (χ3v) is 5.06. The van der Waals surface area contributed by atoms with Crippen molar-refractivity contribution in [1.82, 2.24) is 4.90 Å². The van der Waals surface area contributed by atoms with Crippen LogP contribution in [0.4, 0.5) is 0 Å². The van der Waals surface area contributed by atoms with Crippen molar-refractivity contribution in [1.29, 1.82) is 0 Å². The molecule has 3 aromatic rings. The molecule has 1 aliphatic rings. The zero-order valence-corrected chi connectivity index (χ0v) is 14.9. The molecule has 4 nitrogen and oxygen atoms in total. The van der Waals surface area contributed by atoms with Gasteiger partial charge in [0.1, 0.15) is 11.5 Å². The number of methoxy groups -OCH3 is 1. The van der Waals surface area contributed by atoms with Crippen LogP contribution in [0.25, 0.3) is 10.8 Å². The van der Waals surface area contributed by atoms with Gasteiger partial charge in [0, 0.05) is 29.4 Å². The van der Waals surface area contributed by atoms with Gasteiger partial charge in [-0.3, -0.25) is 4.90 Å². The van der Waals surface area contributed by atoms with Gasteiger partial charge in [0.2, 0.25) is 0 Å². The zero-order valence-electron chi connectivity index (χ0n) is 14.9. The smallest absolute Gasteiger partial charge is 0.128 e. The van der Waals surface area contributed by atoms with Gasteiger partial charge in [0.15, 0.2) is 0 Å². The van der Waals surface area contributed by atoms with Crippen LogP contribution in [0.1, 0.15) is 17.2 Å². The van der Waals surface area contributed by atoms with Crippen molar-refractivity contribution in [3.8, 4) is 11.5 Å². The third-order valence-electron chi connectivity index (χ3n) is 5.06. The predicted molar refractivity (Wildman–Crippen MR) is 103 cm³/mol. The highest BCUT2D eigenvalue weighted by Crippen LogP contribution is 2.40. The number of morpholine rings is 1. The molecule has 0 aliphatic carbocycles. The Labute approximate surface area is 153 Å². The normalized spacial score (nSPS) is 16.5. The molecule has 0 radical (unpaired) electrons. The van der Waals surface area contributed by atoms with Crippen molar-refractivity contribution in [2.45, 2.75) is 6.04 Å². The van der Waals surface area contributed by atoms with Gasteiger partial charge >= 0.3 is 0 Å². The lowest BCUT2D eigenvalue weighted by molar-refractivity contribution is 0.0236. The number of benzene rings is 3. The molecule has 0 saturated carbocycles. The van der Waals surface area contributed by atoms with Gasteiger partial charge in [0.25, 0.3) is 0 Å². The van der Waals surface area contributed by atoms with Gasteiger partial charge in [-0.2, -0.15) is 0 Å². The largest absolute Gasteiger partial charge is 0.507 e. The van der Waals surface area contributed by atoms with E-state index >= 15 is 0 Å². The second kappa shape index (κ2) is 7.36. The van der Waals surface area contributed by atoms with E-state index in [0.29, 0.717) is 19.0 Å². The molecule has 134 valence electrons. The summed E-state index contributed by atoms with van der Waals surface area (Å²) in [5.41, 5.74) is 2.09. The highest BCUT2D eigenvalue weighted by molar-refractivity contribution is 5.94. The Balaban J connectivity index is 1.86. The number of hydrogen-bond donors (Lipinski definition) is 1. The second-order valence-electron chi connectivity index (χ2n) is 6.52. The molecule has 4 rings (SSSR count). The first kappa shape index (κ1) is 16.9. The summed E-state index contributed by atoms with van der Waals surface area (Å²) in [6.07, 6.45) is 0. The van der Waals surface area contributed by atoms with Crippen molar-refractivity contribution in [3.05, 3.63) is 71.8 Å². The van der Waals surface area contributed by atoms with E-state index in [-0.39, 0.29) is 6.04 Å². The van der Waals surface area contributed by atoms with Gasteiger partial charge in [-0.25, -0.2) is 0 Å². The van der Waals surface area contributed by atoms with Crippen LogP contribution in [0, 0.1) is 0 Å². The molecule has 0 bridgehead atoms. The molecule has 1 aliphatic heterocycles. The van der Waals surface area contributed by atoms with E-state index < -0.39 is 0 Å². The minimum atomic E-state index is -0.00398. The Kier molecular flexibility index (Phi) is 4.78. The monoisotopic (exact) mass is 349 g/mol. The van der Waals surface area contributed by atoms with Crippen LogP contribution in [-0.4, -0.2) is 43.4 Å². The summed E-state index contributed by atoms with van der Waals surface area (Å²) in [5, 5.41) is 12.9. The first-order valence-corrected chi connectivity index (χ1v) is 8.95. The van der Waals surface area contributed by atoms with Crippen LogP contribution >= 0.6 is 0 Å². The number of phenols is 1. The molecular formula is C22H23NO3. The quantitative estimate of drug-likeness (QED) is 0.774. The predicted octanol–water partition coefficient (Wildman–Crippen LogP) is 3.98. The molecule has 0 aromatic heterocycles. The van der Waals surface area contributed by atoms with Crippen molar-refractivity contribution in [2.24, 2.45) is 0 Å². The first-order valence-electron chi connectivity index (χ1n) is 8.95. The maximum Gasteiger partial charge on any atom is 0.128 e.